The fraction of sp³-hybridized carbons (Fsp3) is 0.200. The third kappa shape index (κ3) is 2.32. The molecule has 0 aliphatic carbocycles. The van der Waals surface area contributed by atoms with Crippen molar-refractivity contribution < 1.29 is 4.79 Å². The SMILES string of the molecule is O=C1CCC(c2cc(Cl)c(Cl)c(Cl)c2)=NN1. The van der Waals surface area contributed by atoms with Crippen LogP contribution in [0.5, 0.6) is 0 Å². The van der Waals surface area contributed by atoms with E-state index in [-0.39, 0.29) is 5.91 Å². The number of benzene rings is 1. The molecular formula is C10H7Cl3N2O. The summed E-state index contributed by atoms with van der Waals surface area (Å²) in [6.07, 6.45) is 0.983. The van der Waals surface area contributed by atoms with E-state index in [1.165, 1.54) is 0 Å². The van der Waals surface area contributed by atoms with Crippen LogP contribution in [0, 0.1) is 0 Å². The number of carbonyl (C=O) groups is 1. The van der Waals surface area contributed by atoms with Crippen molar-refractivity contribution >= 4 is 46.4 Å². The number of hydrazone groups is 1. The maximum absolute atomic E-state index is 10.9. The summed E-state index contributed by atoms with van der Waals surface area (Å²) in [5.74, 6) is -0.0880. The molecule has 0 unspecified atom stereocenters. The van der Waals surface area contributed by atoms with Gasteiger partial charge >= 0.3 is 0 Å². The van der Waals surface area contributed by atoms with Gasteiger partial charge < -0.3 is 0 Å². The van der Waals surface area contributed by atoms with Gasteiger partial charge in [-0.1, -0.05) is 34.8 Å². The summed E-state index contributed by atoms with van der Waals surface area (Å²) in [5.41, 5.74) is 3.94. The van der Waals surface area contributed by atoms with Crippen LogP contribution in [0.4, 0.5) is 0 Å². The van der Waals surface area contributed by atoms with E-state index >= 15 is 0 Å². The summed E-state index contributed by atoms with van der Waals surface area (Å²) in [6.45, 7) is 0. The third-order valence-corrected chi connectivity index (χ3v) is 3.42. The number of nitrogens with one attached hydrogen (secondary N) is 1. The molecule has 1 amide bonds. The van der Waals surface area contributed by atoms with Crippen LogP contribution < -0.4 is 5.43 Å². The smallest absolute Gasteiger partial charge is 0.240 e. The van der Waals surface area contributed by atoms with Crippen LogP contribution in [0.15, 0.2) is 17.2 Å². The molecule has 1 aromatic carbocycles. The van der Waals surface area contributed by atoms with E-state index in [1.807, 2.05) is 0 Å². The molecule has 1 aliphatic heterocycles. The number of carbonyl (C=O) groups excluding carboxylic acids is 1. The number of halogens is 3. The Kier molecular flexibility index (Phi) is 3.38. The molecule has 0 atom stereocenters. The van der Waals surface area contributed by atoms with Crippen molar-refractivity contribution in [3.05, 3.63) is 32.8 Å². The van der Waals surface area contributed by atoms with Gasteiger partial charge in [-0.3, -0.25) is 4.79 Å². The van der Waals surface area contributed by atoms with Crippen LogP contribution in [0.25, 0.3) is 0 Å². The molecule has 0 saturated carbocycles. The van der Waals surface area contributed by atoms with Crippen molar-refractivity contribution in [1.29, 1.82) is 0 Å². The minimum Gasteiger partial charge on any atom is -0.273 e. The Balaban J connectivity index is 2.38. The fourth-order valence-corrected chi connectivity index (χ4v) is 2.00. The highest BCUT2D eigenvalue weighted by Crippen LogP contribution is 2.31. The average molecular weight is 278 g/mol. The van der Waals surface area contributed by atoms with E-state index in [4.69, 9.17) is 34.8 Å². The molecular weight excluding hydrogens is 270 g/mol. The summed E-state index contributed by atoms with van der Waals surface area (Å²) in [4.78, 5) is 10.9. The number of hydrogen-bond acceptors (Lipinski definition) is 2. The largest absolute Gasteiger partial charge is 0.273 e. The van der Waals surface area contributed by atoms with Crippen molar-refractivity contribution in [2.24, 2.45) is 5.10 Å². The Hall–Kier alpha value is -0.770. The Bertz CT molecular complexity index is 462. The van der Waals surface area contributed by atoms with E-state index in [0.717, 1.165) is 11.3 Å². The van der Waals surface area contributed by atoms with Crippen LogP contribution in [-0.4, -0.2) is 11.6 Å². The van der Waals surface area contributed by atoms with Crippen LogP contribution in [0.2, 0.25) is 15.1 Å². The van der Waals surface area contributed by atoms with Gasteiger partial charge in [0.15, 0.2) is 0 Å². The van der Waals surface area contributed by atoms with E-state index < -0.39 is 0 Å². The zero-order valence-corrected chi connectivity index (χ0v) is 10.3. The molecule has 1 aromatic rings. The quantitative estimate of drug-likeness (QED) is 0.787. The Morgan fingerprint density at radius 3 is 2.25 bits per heavy atom. The Morgan fingerprint density at radius 2 is 1.75 bits per heavy atom. The van der Waals surface area contributed by atoms with E-state index in [1.54, 1.807) is 12.1 Å². The molecule has 0 bridgehead atoms. The Labute approximate surface area is 107 Å². The minimum absolute atomic E-state index is 0.0880. The molecule has 1 aliphatic rings. The van der Waals surface area contributed by atoms with Crippen molar-refractivity contribution in [2.75, 3.05) is 0 Å². The van der Waals surface area contributed by atoms with Gasteiger partial charge in [-0.25, -0.2) is 5.43 Å². The van der Waals surface area contributed by atoms with Crippen LogP contribution >= 0.6 is 34.8 Å². The molecule has 3 nitrogen and oxygen atoms in total. The normalized spacial score (nSPS) is 15.7. The van der Waals surface area contributed by atoms with E-state index in [0.29, 0.717) is 27.9 Å². The standard InChI is InChI=1S/C10H7Cl3N2O/c11-6-3-5(4-7(12)10(6)13)8-1-2-9(16)15-14-8/h3-4H,1-2H2,(H,15,16). The lowest BCUT2D eigenvalue weighted by Gasteiger charge is -2.13. The summed E-state index contributed by atoms with van der Waals surface area (Å²) in [6, 6.07) is 3.37. The van der Waals surface area contributed by atoms with Gasteiger partial charge in [-0.2, -0.15) is 5.10 Å². The molecule has 0 saturated heterocycles. The molecule has 0 aromatic heterocycles. The lowest BCUT2D eigenvalue weighted by molar-refractivity contribution is -0.121. The predicted octanol–water partition coefficient (Wildman–Crippen LogP) is 3.26. The average Bonchev–Trinajstić information content (AvgIpc) is 2.26. The van der Waals surface area contributed by atoms with Crippen molar-refractivity contribution in [3.8, 4) is 0 Å². The summed E-state index contributed by atoms with van der Waals surface area (Å²) >= 11 is 17.7. The topological polar surface area (TPSA) is 41.5 Å². The third-order valence-electron chi connectivity index (χ3n) is 2.22. The first-order valence-corrected chi connectivity index (χ1v) is 5.71. The maximum atomic E-state index is 10.9. The van der Waals surface area contributed by atoms with E-state index in [2.05, 4.69) is 10.5 Å². The minimum atomic E-state index is -0.0880. The molecule has 16 heavy (non-hydrogen) atoms. The molecule has 0 fully saturated rings. The van der Waals surface area contributed by atoms with Crippen LogP contribution in [0.1, 0.15) is 18.4 Å². The van der Waals surface area contributed by atoms with Crippen molar-refractivity contribution in [1.82, 2.24) is 5.43 Å². The fourth-order valence-electron chi connectivity index (χ4n) is 1.40. The lowest BCUT2D eigenvalue weighted by atomic mass is 10.0. The lowest BCUT2D eigenvalue weighted by Crippen LogP contribution is -2.25. The van der Waals surface area contributed by atoms with Gasteiger partial charge in [0.25, 0.3) is 0 Å². The van der Waals surface area contributed by atoms with Crippen molar-refractivity contribution in [2.45, 2.75) is 12.8 Å². The molecule has 0 spiro atoms. The number of hydrogen-bond donors (Lipinski definition) is 1. The highest BCUT2D eigenvalue weighted by Gasteiger charge is 2.15. The molecule has 0 radical (unpaired) electrons. The second-order valence-electron chi connectivity index (χ2n) is 3.35. The van der Waals surface area contributed by atoms with Gasteiger partial charge in [0, 0.05) is 18.4 Å². The van der Waals surface area contributed by atoms with Gasteiger partial charge in [0.1, 0.15) is 0 Å². The number of nitrogens with zero attached hydrogens (tertiary/aromatic N) is 1. The van der Waals surface area contributed by atoms with E-state index in [9.17, 15) is 4.79 Å². The van der Waals surface area contributed by atoms with Gasteiger partial charge in [0.05, 0.1) is 20.8 Å². The first-order chi connectivity index (χ1) is 7.58. The highest BCUT2D eigenvalue weighted by atomic mass is 35.5. The van der Waals surface area contributed by atoms with Gasteiger partial charge in [0.2, 0.25) is 5.91 Å². The first-order valence-electron chi connectivity index (χ1n) is 4.58. The molecule has 2 rings (SSSR count). The predicted molar refractivity (Wildman–Crippen MR) is 65.4 cm³/mol. The monoisotopic (exact) mass is 276 g/mol. The summed E-state index contributed by atoms with van der Waals surface area (Å²) < 4.78 is 0. The Morgan fingerprint density at radius 1 is 1.12 bits per heavy atom. The number of rotatable bonds is 1. The first kappa shape index (κ1) is 11.7. The van der Waals surface area contributed by atoms with Crippen LogP contribution in [0.3, 0.4) is 0 Å². The van der Waals surface area contributed by atoms with Gasteiger partial charge in [-0.15, -0.1) is 0 Å². The number of amides is 1. The molecule has 1 N–H and O–H groups in total. The molecule has 1 heterocycles. The second-order valence-corrected chi connectivity index (χ2v) is 4.54. The summed E-state index contributed by atoms with van der Waals surface area (Å²) in [5, 5.41) is 5.03. The zero-order valence-electron chi connectivity index (χ0n) is 8.06. The maximum Gasteiger partial charge on any atom is 0.240 e. The van der Waals surface area contributed by atoms with Gasteiger partial charge in [-0.05, 0) is 12.1 Å². The highest BCUT2D eigenvalue weighted by molar-refractivity contribution is 6.48. The zero-order chi connectivity index (χ0) is 11.7. The molecule has 6 heteroatoms. The summed E-state index contributed by atoms with van der Waals surface area (Å²) in [7, 11) is 0. The molecule has 84 valence electrons. The van der Waals surface area contributed by atoms with Crippen molar-refractivity contribution in [3.63, 3.8) is 0 Å². The second kappa shape index (κ2) is 4.62. The van der Waals surface area contributed by atoms with Crippen LogP contribution in [-0.2, 0) is 4.79 Å².